The molecule has 1 atom stereocenters. The summed E-state index contributed by atoms with van der Waals surface area (Å²) in [6.07, 6.45) is 3.86. The van der Waals surface area contributed by atoms with Gasteiger partial charge in [-0.2, -0.15) is 4.98 Å². The van der Waals surface area contributed by atoms with Crippen LogP contribution in [0.3, 0.4) is 0 Å². The van der Waals surface area contributed by atoms with Crippen molar-refractivity contribution in [1.29, 1.82) is 0 Å². The number of hydrogen-bond acceptors (Lipinski definition) is 6. The summed E-state index contributed by atoms with van der Waals surface area (Å²) in [5.74, 6) is 1.12. The fourth-order valence-electron chi connectivity index (χ4n) is 3.45. The first kappa shape index (κ1) is 20.8. The van der Waals surface area contributed by atoms with E-state index in [4.69, 9.17) is 4.52 Å². The van der Waals surface area contributed by atoms with Gasteiger partial charge in [0.1, 0.15) is 0 Å². The molecular formula is C20H30N4O3S. The molecule has 8 heteroatoms. The van der Waals surface area contributed by atoms with Gasteiger partial charge in [-0.15, -0.1) is 0 Å². The SMILES string of the molecule is CC(c1ccccc1)c1noc(N[C@H]2CC[C@H](CNS(=O)(=O)C(C)C)CC2)n1. The summed E-state index contributed by atoms with van der Waals surface area (Å²) in [4.78, 5) is 4.51. The lowest BCUT2D eigenvalue weighted by Crippen LogP contribution is -2.37. The van der Waals surface area contributed by atoms with E-state index in [0.717, 1.165) is 31.2 Å². The first-order valence-electron chi connectivity index (χ1n) is 9.98. The van der Waals surface area contributed by atoms with Crippen molar-refractivity contribution in [2.24, 2.45) is 5.92 Å². The van der Waals surface area contributed by atoms with Crippen molar-refractivity contribution < 1.29 is 12.9 Å². The third-order valence-corrected chi connectivity index (χ3v) is 7.31. The second-order valence-electron chi connectivity index (χ2n) is 7.89. The fraction of sp³-hybridized carbons (Fsp3) is 0.600. The molecule has 3 rings (SSSR count). The molecule has 1 aliphatic carbocycles. The molecule has 1 fully saturated rings. The van der Waals surface area contributed by atoms with Crippen LogP contribution in [-0.4, -0.2) is 36.4 Å². The lowest BCUT2D eigenvalue weighted by atomic mass is 9.86. The van der Waals surface area contributed by atoms with Gasteiger partial charge in [0, 0.05) is 18.5 Å². The monoisotopic (exact) mass is 406 g/mol. The second-order valence-corrected chi connectivity index (χ2v) is 10.2. The number of aromatic nitrogens is 2. The summed E-state index contributed by atoms with van der Waals surface area (Å²) in [6.45, 7) is 5.97. The number of rotatable bonds is 8. The van der Waals surface area contributed by atoms with Gasteiger partial charge in [0.25, 0.3) is 0 Å². The third-order valence-electron chi connectivity index (χ3n) is 5.50. The van der Waals surface area contributed by atoms with Crippen LogP contribution in [0.15, 0.2) is 34.9 Å². The van der Waals surface area contributed by atoms with Gasteiger partial charge in [-0.1, -0.05) is 42.4 Å². The zero-order valence-electron chi connectivity index (χ0n) is 16.8. The quantitative estimate of drug-likeness (QED) is 0.696. The van der Waals surface area contributed by atoms with Crippen LogP contribution in [0.5, 0.6) is 0 Å². The summed E-state index contributed by atoms with van der Waals surface area (Å²) >= 11 is 0. The van der Waals surface area contributed by atoms with Gasteiger partial charge in [-0.25, -0.2) is 13.1 Å². The Balaban J connectivity index is 1.47. The Hall–Kier alpha value is -1.93. The second kappa shape index (κ2) is 9.05. The number of nitrogens with zero attached hydrogens (tertiary/aromatic N) is 2. The molecule has 1 unspecified atom stereocenters. The van der Waals surface area contributed by atoms with Crippen molar-refractivity contribution in [3.05, 3.63) is 41.7 Å². The molecule has 0 amide bonds. The van der Waals surface area contributed by atoms with Crippen LogP contribution < -0.4 is 10.0 Å². The van der Waals surface area contributed by atoms with Crippen LogP contribution in [0.2, 0.25) is 0 Å². The normalized spacial score (nSPS) is 21.6. The van der Waals surface area contributed by atoms with Crippen LogP contribution in [0.1, 0.15) is 63.8 Å². The van der Waals surface area contributed by atoms with E-state index in [1.165, 1.54) is 0 Å². The maximum absolute atomic E-state index is 11.9. The van der Waals surface area contributed by atoms with Gasteiger partial charge in [-0.3, -0.25) is 0 Å². The highest BCUT2D eigenvalue weighted by atomic mass is 32.2. The molecule has 1 heterocycles. The Kier molecular flexibility index (Phi) is 6.72. The van der Waals surface area contributed by atoms with Crippen molar-refractivity contribution >= 4 is 16.0 Å². The molecule has 0 saturated heterocycles. The molecule has 2 aromatic rings. The Morgan fingerprint density at radius 3 is 2.43 bits per heavy atom. The van der Waals surface area contributed by atoms with Gasteiger partial charge in [0.2, 0.25) is 10.0 Å². The Bertz CT molecular complexity index is 843. The number of sulfonamides is 1. The predicted octanol–water partition coefficient (Wildman–Crippen LogP) is 3.52. The Morgan fingerprint density at radius 1 is 1.11 bits per heavy atom. The number of nitrogens with one attached hydrogen (secondary N) is 2. The molecule has 1 aliphatic rings. The van der Waals surface area contributed by atoms with Crippen LogP contribution >= 0.6 is 0 Å². The third kappa shape index (κ3) is 5.32. The zero-order chi connectivity index (χ0) is 20.1. The Morgan fingerprint density at radius 2 is 1.79 bits per heavy atom. The van der Waals surface area contributed by atoms with Crippen LogP contribution in [-0.2, 0) is 10.0 Å². The summed E-state index contributed by atoms with van der Waals surface area (Å²) < 4.78 is 31.9. The molecule has 0 aliphatic heterocycles. The minimum atomic E-state index is -3.19. The predicted molar refractivity (Wildman–Crippen MR) is 110 cm³/mol. The average molecular weight is 407 g/mol. The number of anilines is 1. The fourth-order valence-corrected chi connectivity index (χ4v) is 4.25. The van der Waals surface area contributed by atoms with E-state index in [1.807, 2.05) is 18.2 Å². The van der Waals surface area contributed by atoms with Crippen LogP contribution in [0, 0.1) is 5.92 Å². The van der Waals surface area contributed by atoms with Gasteiger partial charge >= 0.3 is 6.01 Å². The van der Waals surface area contributed by atoms with Crippen molar-refractivity contribution in [2.45, 2.75) is 63.7 Å². The molecule has 0 bridgehead atoms. The maximum Gasteiger partial charge on any atom is 0.321 e. The van der Waals surface area contributed by atoms with E-state index in [0.29, 0.717) is 24.3 Å². The molecule has 0 spiro atoms. The summed E-state index contributed by atoms with van der Waals surface area (Å²) in [6, 6.07) is 10.9. The molecule has 1 aromatic heterocycles. The van der Waals surface area contributed by atoms with Crippen molar-refractivity contribution in [1.82, 2.24) is 14.9 Å². The van der Waals surface area contributed by atoms with E-state index in [-0.39, 0.29) is 12.0 Å². The smallest absolute Gasteiger partial charge is 0.321 e. The molecule has 2 N–H and O–H groups in total. The van der Waals surface area contributed by atoms with E-state index >= 15 is 0 Å². The largest absolute Gasteiger partial charge is 0.335 e. The Labute approximate surface area is 167 Å². The summed E-state index contributed by atoms with van der Waals surface area (Å²) in [7, 11) is -3.19. The van der Waals surface area contributed by atoms with Gasteiger partial charge < -0.3 is 9.84 Å². The number of hydrogen-bond donors (Lipinski definition) is 2. The van der Waals surface area contributed by atoms with Gasteiger partial charge in [-0.05, 0) is 51.0 Å². The highest BCUT2D eigenvalue weighted by molar-refractivity contribution is 7.90. The minimum absolute atomic E-state index is 0.0743. The molecule has 1 saturated carbocycles. The lowest BCUT2D eigenvalue weighted by molar-refractivity contribution is 0.329. The number of benzene rings is 1. The molecule has 154 valence electrons. The summed E-state index contributed by atoms with van der Waals surface area (Å²) in [5, 5.41) is 7.07. The van der Waals surface area contributed by atoms with E-state index in [9.17, 15) is 8.42 Å². The van der Waals surface area contributed by atoms with Crippen molar-refractivity contribution in [2.75, 3.05) is 11.9 Å². The lowest BCUT2D eigenvalue weighted by Gasteiger charge is -2.28. The van der Waals surface area contributed by atoms with Gasteiger partial charge in [0.05, 0.1) is 5.25 Å². The average Bonchev–Trinajstić information content (AvgIpc) is 3.16. The van der Waals surface area contributed by atoms with E-state index in [2.05, 4.69) is 39.2 Å². The molecule has 0 radical (unpaired) electrons. The zero-order valence-corrected chi connectivity index (χ0v) is 17.6. The minimum Gasteiger partial charge on any atom is -0.335 e. The van der Waals surface area contributed by atoms with E-state index < -0.39 is 15.3 Å². The highest BCUT2D eigenvalue weighted by Gasteiger charge is 2.25. The molecule has 28 heavy (non-hydrogen) atoms. The standard InChI is InChI=1S/C20H30N4O3S/c1-14(2)28(25,26)21-13-16-9-11-18(12-10-16)22-20-23-19(24-27-20)15(3)17-7-5-4-6-8-17/h4-8,14-16,18,21H,9-13H2,1-3H3,(H,22,23,24)/t15?,16-,18-. The maximum atomic E-state index is 11.9. The first-order chi connectivity index (χ1) is 13.3. The molecular weight excluding hydrogens is 376 g/mol. The summed E-state index contributed by atoms with van der Waals surface area (Å²) in [5.41, 5.74) is 1.15. The van der Waals surface area contributed by atoms with Crippen molar-refractivity contribution in [3.8, 4) is 0 Å². The van der Waals surface area contributed by atoms with Crippen LogP contribution in [0.25, 0.3) is 0 Å². The van der Waals surface area contributed by atoms with E-state index in [1.54, 1.807) is 13.8 Å². The van der Waals surface area contributed by atoms with Crippen molar-refractivity contribution in [3.63, 3.8) is 0 Å². The highest BCUT2D eigenvalue weighted by Crippen LogP contribution is 2.27. The molecule has 1 aromatic carbocycles. The molecule has 7 nitrogen and oxygen atoms in total. The van der Waals surface area contributed by atoms with Crippen LogP contribution in [0.4, 0.5) is 6.01 Å². The first-order valence-corrected chi connectivity index (χ1v) is 11.5. The van der Waals surface area contributed by atoms with Gasteiger partial charge in [0.15, 0.2) is 5.82 Å². The topological polar surface area (TPSA) is 97.1 Å².